The summed E-state index contributed by atoms with van der Waals surface area (Å²) in [4.78, 5) is 20.4. The van der Waals surface area contributed by atoms with Gasteiger partial charge in [0.15, 0.2) is 5.82 Å². The number of fused-ring (bicyclic) bond motifs is 1. The van der Waals surface area contributed by atoms with Crippen molar-refractivity contribution in [2.45, 2.75) is 13.8 Å². The first-order valence-electron chi connectivity index (χ1n) is 5.87. The molecule has 0 atom stereocenters. The number of nitrogens with one attached hydrogen (secondary N) is 1. The van der Waals surface area contributed by atoms with Crippen molar-refractivity contribution < 1.29 is 0 Å². The molecule has 6 heteroatoms. The van der Waals surface area contributed by atoms with Gasteiger partial charge in [-0.05, 0) is 31.5 Å². The van der Waals surface area contributed by atoms with Crippen LogP contribution < -0.4 is 11.3 Å². The molecular formula is C13H13N5O. The van der Waals surface area contributed by atoms with Crippen LogP contribution in [0, 0.1) is 13.8 Å². The molecule has 3 rings (SSSR count). The molecule has 0 fully saturated rings. The average Bonchev–Trinajstić information content (AvgIpc) is 2.76. The van der Waals surface area contributed by atoms with Gasteiger partial charge in [0.2, 0.25) is 0 Å². The summed E-state index contributed by atoms with van der Waals surface area (Å²) in [5, 5.41) is 2.95. The minimum Gasteiger partial charge on any atom is -0.399 e. The smallest absolute Gasteiger partial charge is 0.274 e. The molecule has 0 bridgehead atoms. The quantitative estimate of drug-likeness (QED) is 0.641. The van der Waals surface area contributed by atoms with Crippen LogP contribution in [0.25, 0.3) is 17.2 Å². The SMILES string of the molecule is Cc1cc(=O)n2[nH]c(-c3cc(N)ccc3C)nc2n1. The minimum atomic E-state index is -0.178. The number of aryl methyl sites for hydroxylation is 2. The van der Waals surface area contributed by atoms with E-state index < -0.39 is 0 Å². The van der Waals surface area contributed by atoms with Crippen LogP contribution in [0.5, 0.6) is 0 Å². The van der Waals surface area contributed by atoms with E-state index in [2.05, 4.69) is 15.1 Å². The van der Waals surface area contributed by atoms with Crippen LogP contribution >= 0.6 is 0 Å². The maximum Gasteiger partial charge on any atom is 0.274 e. The van der Waals surface area contributed by atoms with Crippen LogP contribution in [0.1, 0.15) is 11.3 Å². The number of aromatic amines is 1. The van der Waals surface area contributed by atoms with Crippen LogP contribution in [0.3, 0.4) is 0 Å². The van der Waals surface area contributed by atoms with Gasteiger partial charge in [0.1, 0.15) is 0 Å². The Morgan fingerprint density at radius 1 is 1.21 bits per heavy atom. The standard InChI is InChI=1S/C13H13N5O/c1-7-3-4-9(14)6-10(7)12-16-13-15-8(2)5-11(19)18(13)17-12/h3-6H,14H2,1-2H3,(H,15,16,17). The highest BCUT2D eigenvalue weighted by Gasteiger charge is 2.10. The van der Waals surface area contributed by atoms with Gasteiger partial charge in [-0.3, -0.25) is 9.89 Å². The van der Waals surface area contributed by atoms with Crippen LogP contribution in [-0.2, 0) is 0 Å². The molecule has 2 aromatic heterocycles. The van der Waals surface area contributed by atoms with E-state index in [1.165, 1.54) is 10.6 Å². The third kappa shape index (κ3) is 1.87. The Hall–Kier alpha value is -2.63. The van der Waals surface area contributed by atoms with E-state index in [9.17, 15) is 4.79 Å². The predicted octanol–water partition coefficient (Wildman–Crippen LogP) is 1.28. The van der Waals surface area contributed by atoms with Crippen LogP contribution in [0.4, 0.5) is 5.69 Å². The lowest BCUT2D eigenvalue weighted by atomic mass is 10.1. The van der Waals surface area contributed by atoms with Gasteiger partial charge in [-0.1, -0.05) is 6.07 Å². The fraction of sp³-hybridized carbons (Fsp3) is 0.154. The largest absolute Gasteiger partial charge is 0.399 e. The highest BCUT2D eigenvalue weighted by molar-refractivity contribution is 5.66. The Labute approximate surface area is 108 Å². The van der Waals surface area contributed by atoms with E-state index >= 15 is 0 Å². The maximum absolute atomic E-state index is 11.8. The second kappa shape index (κ2) is 3.94. The Kier molecular flexibility index (Phi) is 2.38. The van der Waals surface area contributed by atoms with Gasteiger partial charge >= 0.3 is 0 Å². The zero-order chi connectivity index (χ0) is 13.6. The topological polar surface area (TPSA) is 89.1 Å². The Morgan fingerprint density at radius 3 is 2.79 bits per heavy atom. The molecule has 1 aromatic carbocycles. The fourth-order valence-corrected chi connectivity index (χ4v) is 2.01. The van der Waals surface area contributed by atoms with Gasteiger partial charge in [-0.25, -0.2) is 4.98 Å². The molecule has 2 heterocycles. The van der Waals surface area contributed by atoms with Crippen molar-refractivity contribution >= 4 is 11.5 Å². The van der Waals surface area contributed by atoms with E-state index in [0.29, 0.717) is 23.0 Å². The average molecular weight is 255 g/mol. The molecule has 0 radical (unpaired) electrons. The van der Waals surface area contributed by atoms with Gasteiger partial charge in [-0.15, -0.1) is 0 Å². The van der Waals surface area contributed by atoms with Crippen molar-refractivity contribution in [3.05, 3.63) is 45.9 Å². The summed E-state index contributed by atoms with van der Waals surface area (Å²) >= 11 is 0. The van der Waals surface area contributed by atoms with Gasteiger partial charge in [0.25, 0.3) is 11.3 Å². The number of hydrogen-bond donors (Lipinski definition) is 2. The molecule has 6 nitrogen and oxygen atoms in total. The second-order valence-corrected chi connectivity index (χ2v) is 4.52. The van der Waals surface area contributed by atoms with Gasteiger partial charge < -0.3 is 5.73 Å². The first-order valence-corrected chi connectivity index (χ1v) is 5.87. The Balaban J connectivity index is 2.29. The molecule has 96 valence electrons. The number of anilines is 1. The molecular weight excluding hydrogens is 242 g/mol. The normalized spacial score (nSPS) is 11.1. The molecule has 3 aromatic rings. The third-order valence-electron chi connectivity index (χ3n) is 2.98. The third-order valence-corrected chi connectivity index (χ3v) is 2.98. The van der Waals surface area contributed by atoms with Crippen LogP contribution in [0.2, 0.25) is 0 Å². The fourth-order valence-electron chi connectivity index (χ4n) is 2.01. The number of nitrogens with zero attached hydrogens (tertiary/aromatic N) is 3. The van der Waals surface area contributed by atoms with Crippen molar-refractivity contribution in [3.63, 3.8) is 0 Å². The van der Waals surface area contributed by atoms with Gasteiger partial charge in [-0.2, -0.15) is 9.50 Å². The maximum atomic E-state index is 11.8. The van der Waals surface area contributed by atoms with E-state index in [-0.39, 0.29) is 5.56 Å². The first kappa shape index (κ1) is 11.5. The lowest BCUT2D eigenvalue weighted by Crippen LogP contribution is -2.14. The summed E-state index contributed by atoms with van der Waals surface area (Å²) in [6.07, 6.45) is 0. The number of nitrogens with two attached hydrogens (primary N) is 1. The van der Waals surface area contributed by atoms with Gasteiger partial charge in [0, 0.05) is 23.0 Å². The number of rotatable bonds is 1. The molecule has 0 aliphatic heterocycles. The minimum absolute atomic E-state index is 0.178. The molecule has 0 spiro atoms. The number of H-pyrrole nitrogens is 1. The van der Waals surface area contributed by atoms with Crippen molar-refractivity contribution in [2.75, 3.05) is 5.73 Å². The van der Waals surface area contributed by atoms with E-state index in [1.807, 2.05) is 25.1 Å². The molecule has 0 unspecified atom stereocenters. The van der Waals surface area contributed by atoms with Crippen molar-refractivity contribution in [2.24, 2.45) is 0 Å². The van der Waals surface area contributed by atoms with Crippen molar-refractivity contribution in [1.82, 2.24) is 19.6 Å². The second-order valence-electron chi connectivity index (χ2n) is 4.52. The molecule has 0 saturated heterocycles. The van der Waals surface area contributed by atoms with Crippen LogP contribution in [0.15, 0.2) is 29.1 Å². The Morgan fingerprint density at radius 2 is 2.00 bits per heavy atom. The molecule has 0 amide bonds. The lowest BCUT2D eigenvalue weighted by molar-refractivity contribution is 0.892. The van der Waals surface area contributed by atoms with Crippen molar-refractivity contribution in [1.29, 1.82) is 0 Å². The molecule has 3 N–H and O–H groups in total. The number of nitrogen functional groups attached to an aromatic ring is 1. The summed E-state index contributed by atoms with van der Waals surface area (Å²) in [6.45, 7) is 3.73. The summed E-state index contributed by atoms with van der Waals surface area (Å²) in [5.41, 5.74) is 8.79. The summed E-state index contributed by atoms with van der Waals surface area (Å²) in [6, 6.07) is 7.03. The highest BCUT2D eigenvalue weighted by Crippen LogP contribution is 2.22. The zero-order valence-electron chi connectivity index (χ0n) is 10.6. The molecule has 19 heavy (non-hydrogen) atoms. The Bertz CT molecular complexity index is 831. The van der Waals surface area contributed by atoms with Crippen molar-refractivity contribution in [3.8, 4) is 11.4 Å². The summed E-state index contributed by atoms with van der Waals surface area (Å²) in [7, 11) is 0. The van der Waals surface area contributed by atoms with E-state index in [1.54, 1.807) is 6.92 Å². The van der Waals surface area contributed by atoms with E-state index in [0.717, 1.165) is 11.1 Å². The number of hydrogen-bond acceptors (Lipinski definition) is 4. The predicted molar refractivity (Wildman–Crippen MR) is 72.9 cm³/mol. The van der Waals surface area contributed by atoms with Gasteiger partial charge in [0.05, 0.1) is 0 Å². The monoisotopic (exact) mass is 255 g/mol. The van der Waals surface area contributed by atoms with Crippen LogP contribution in [-0.4, -0.2) is 19.6 Å². The molecule has 0 aliphatic carbocycles. The lowest BCUT2D eigenvalue weighted by Gasteiger charge is -2.02. The number of benzene rings is 1. The first-order chi connectivity index (χ1) is 9.04. The summed E-state index contributed by atoms with van der Waals surface area (Å²) < 4.78 is 1.32. The van der Waals surface area contributed by atoms with E-state index in [4.69, 9.17) is 5.73 Å². The highest BCUT2D eigenvalue weighted by atomic mass is 16.1. The molecule has 0 saturated carbocycles. The molecule has 0 aliphatic rings. The zero-order valence-corrected chi connectivity index (χ0v) is 10.6. The summed E-state index contributed by atoms with van der Waals surface area (Å²) in [5.74, 6) is 0.946. The number of aromatic nitrogens is 4.